The molecule has 2 saturated heterocycles. The molecule has 2 atom stereocenters. The molecule has 4 rings (SSSR count). The van der Waals surface area contributed by atoms with Gasteiger partial charge in [-0.05, 0) is 42.8 Å². The van der Waals surface area contributed by atoms with Crippen molar-refractivity contribution in [3.63, 3.8) is 0 Å². The van der Waals surface area contributed by atoms with Gasteiger partial charge in [0.1, 0.15) is 5.82 Å². The third-order valence-corrected chi connectivity index (χ3v) is 6.55. The maximum atomic E-state index is 13.2. The molecular weight excluding hydrogens is 343 g/mol. The number of carbonyl (C=O) groups excluding carboxylic acids is 1. The summed E-state index contributed by atoms with van der Waals surface area (Å²) in [6.45, 7) is 1.89. The fourth-order valence-corrected chi connectivity index (χ4v) is 5.64. The van der Waals surface area contributed by atoms with E-state index < -0.39 is 27.7 Å². The number of nitrogens with zero attached hydrogens (tertiary/aromatic N) is 2. The third-order valence-electron chi connectivity index (χ3n) is 4.85. The lowest BCUT2D eigenvalue weighted by Crippen LogP contribution is -2.38. The number of hydrogen-bond acceptors (Lipinski definition) is 3. The lowest BCUT2D eigenvalue weighted by Gasteiger charge is -2.24. The van der Waals surface area contributed by atoms with E-state index >= 15 is 0 Å². The van der Waals surface area contributed by atoms with Crippen LogP contribution < -0.4 is 9.80 Å². The first-order valence-corrected chi connectivity index (χ1v) is 9.83. The third kappa shape index (κ3) is 2.59. The van der Waals surface area contributed by atoms with E-state index in [0.29, 0.717) is 11.4 Å². The van der Waals surface area contributed by atoms with E-state index in [-0.39, 0.29) is 17.5 Å². The first-order chi connectivity index (χ1) is 11.9. The minimum atomic E-state index is -3.24. The Labute approximate surface area is 145 Å². The lowest BCUT2D eigenvalue weighted by atomic mass is 10.1. The van der Waals surface area contributed by atoms with Crippen LogP contribution in [-0.4, -0.2) is 38.0 Å². The normalized spacial score (nSPS) is 24.6. The van der Waals surface area contributed by atoms with Crippen LogP contribution in [0.3, 0.4) is 0 Å². The smallest absolute Gasteiger partial charge is 0.288 e. The number of halogens is 1. The molecule has 25 heavy (non-hydrogen) atoms. The summed E-state index contributed by atoms with van der Waals surface area (Å²) < 4.78 is 37.7. The van der Waals surface area contributed by atoms with E-state index in [9.17, 15) is 17.6 Å². The van der Waals surface area contributed by atoms with E-state index in [2.05, 4.69) is 0 Å². The van der Waals surface area contributed by atoms with Crippen LogP contribution in [0.1, 0.15) is 5.56 Å². The zero-order valence-corrected chi connectivity index (χ0v) is 14.4. The predicted octanol–water partition coefficient (Wildman–Crippen LogP) is 2.75. The number of fused-ring (bicyclic) bond motifs is 1. The van der Waals surface area contributed by atoms with Crippen molar-refractivity contribution in [3.8, 4) is 0 Å². The van der Waals surface area contributed by atoms with E-state index in [1.165, 1.54) is 29.2 Å². The summed E-state index contributed by atoms with van der Waals surface area (Å²) in [7, 11) is -3.24. The van der Waals surface area contributed by atoms with Crippen molar-refractivity contribution in [2.24, 2.45) is 0 Å². The van der Waals surface area contributed by atoms with Gasteiger partial charge in [0, 0.05) is 11.4 Å². The summed E-state index contributed by atoms with van der Waals surface area (Å²) in [6.07, 6.45) is 0. The molecule has 0 aromatic heterocycles. The fraction of sp³-hybridized carbons (Fsp3) is 0.278. The standard InChI is InChI=1S/C18H17FN2O3S/c1-12-4-2-3-5-15(12)21-17-11-25(23,24)10-16(17)20(18(21)22)14-8-6-13(19)7-9-14/h2-9,16-17H,10-11H2,1H3/t16-,17-/m1/s1. The largest absolute Gasteiger partial charge is 0.329 e. The van der Waals surface area contributed by atoms with Gasteiger partial charge in [0.15, 0.2) is 9.84 Å². The molecule has 0 bridgehead atoms. The first kappa shape index (κ1) is 16.1. The molecule has 2 amide bonds. The van der Waals surface area contributed by atoms with Crippen molar-refractivity contribution >= 4 is 27.2 Å². The molecule has 5 nitrogen and oxygen atoms in total. The van der Waals surface area contributed by atoms with Gasteiger partial charge in [-0.1, -0.05) is 18.2 Å². The molecule has 0 N–H and O–H groups in total. The number of para-hydroxylation sites is 1. The van der Waals surface area contributed by atoms with Crippen LogP contribution in [0.15, 0.2) is 48.5 Å². The second kappa shape index (κ2) is 5.56. The summed E-state index contributed by atoms with van der Waals surface area (Å²) in [4.78, 5) is 16.2. The Hall–Kier alpha value is -2.41. The zero-order valence-electron chi connectivity index (χ0n) is 13.6. The number of benzene rings is 2. The molecule has 2 aliphatic heterocycles. The molecule has 0 unspecified atom stereocenters. The van der Waals surface area contributed by atoms with Crippen molar-refractivity contribution in [2.45, 2.75) is 19.0 Å². The van der Waals surface area contributed by atoms with Crippen molar-refractivity contribution in [1.29, 1.82) is 0 Å². The summed E-state index contributed by atoms with van der Waals surface area (Å²) in [5, 5.41) is 0. The quantitative estimate of drug-likeness (QED) is 0.774. The van der Waals surface area contributed by atoms with Crippen LogP contribution >= 0.6 is 0 Å². The number of aryl methyl sites for hydroxylation is 1. The number of rotatable bonds is 2. The predicted molar refractivity (Wildman–Crippen MR) is 94.2 cm³/mol. The molecule has 2 aromatic rings. The highest BCUT2D eigenvalue weighted by Crippen LogP contribution is 2.38. The topological polar surface area (TPSA) is 57.7 Å². The molecule has 0 saturated carbocycles. The number of sulfone groups is 1. The van der Waals surface area contributed by atoms with Gasteiger partial charge < -0.3 is 0 Å². The van der Waals surface area contributed by atoms with Gasteiger partial charge in [0.2, 0.25) is 0 Å². The van der Waals surface area contributed by atoms with Crippen LogP contribution in [0.2, 0.25) is 0 Å². The maximum Gasteiger partial charge on any atom is 0.329 e. The van der Waals surface area contributed by atoms with Crippen molar-refractivity contribution in [3.05, 3.63) is 59.9 Å². The highest BCUT2D eigenvalue weighted by molar-refractivity contribution is 7.91. The molecule has 0 spiro atoms. The number of amides is 2. The molecule has 2 aliphatic rings. The minimum absolute atomic E-state index is 0.0601. The average Bonchev–Trinajstić information content (AvgIpc) is 2.99. The van der Waals surface area contributed by atoms with Gasteiger partial charge in [-0.3, -0.25) is 9.80 Å². The molecule has 130 valence electrons. The SMILES string of the molecule is Cc1ccccc1N1C(=O)N(c2ccc(F)cc2)[C@@H]2CS(=O)(=O)C[C@H]21. The van der Waals surface area contributed by atoms with Crippen molar-refractivity contribution in [1.82, 2.24) is 0 Å². The fourth-order valence-electron chi connectivity index (χ4n) is 3.72. The highest BCUT2D eigenvalue weighted by Gasteiger charge is 2.54. The van der Waals surface area contributed by atoms with E-state index in [4.69, 9.17) is 0 Å². The van der Waals surface area contributed by atoms with Gasteiger partial charge >= 0.3 is 6.03 Å². The number of carbonyl (C=O) groups is 1. The lowest BCUT2D eigenvalue weighted by molar-refractivity contribution is 0.255. The van der Waals surface area contributed by atoms with Gasteiger partial charge in [-0.2, -0.15) is 0 Å². The Bertz CT molecular complexity index is 943. The highest BCUT2D eigenvalue weighted by atomic mass is 32.2. The first-order valence-electron chi connectivity index (χ1n) is 8.01. The van der Waals surface area contributed by atoms with E-state index in [1.54, 1.807) is 4.90 Å². The Balaban J connectivity index is 1.83. The number of urea groups is 1. The summed E-state index contributed by atoms with van der Waals surface area (Å²) in [5.41, 5.74) is 2.12. The summed E-state index contributed by atoms with van der Waals surface area (Å²) in [5.74, 6) is -0.541. The molecule has 2 aromatic carbocycles. The van der Waals surface area contributed by atoms with E-state index in [0.717, 1.165) is 5.56 Å². The Morgan fingerprint density at radius 1 is 0.960 bits per heavy atom. The molecule has 2 fully saturated rings. The number of hydrogen-bond donors (Lipinski definition) is 0. The second-order valence-electron chi connectivity index (χ2n) is 6.50. The van der Waals surface area contributed by atoms with Crippen molar-refractivity contribution in [2.75, 3.05) is 21.3 Å². The van der Waals surface area contributed by atoms with Crippen LogP contribution in [0.4, 0.5) is 20.6 Å². The zero-order chi connectivity index (χ0) is 17.8. The molecule has 0 radical (unpaired) electrons. The van der Waals surface area contributed by atoms with Gasteiger partial charge in [-0.15, -0.1) is 0 Å². The Morgan fingerprint density at radius 3 is 2.20 bits per heavy atom. The number of anilines is 2. The van der Waals surface area contributed by atoms with Crippen LogP contribution in [0.5, 0.6) is 0 Å². The monoisotopic (exact) mass is 360 g/mol. The maximum absolute atomic E-state index is 13.2. The van der Waals surface area contributed by atoms with Crippen LogP contribution in [0, 0.1) is 12.7 Å². The van der Waals surface area contributed by atoms with Crippen molar-refractivity contribution < 1.29 is 17.6 Å². The van der Waals surface area contributed by atoms with Gasteiger partial charge in [-0.25, -0.2) is 17.6 Å². The molecule has 7 heteroatoms. The molecular formula is C18H17FN2O3S. The van der Waals surface area contributed by atoms with Crippen LogP contribution in [0.25, 0.3) is 0 Å². The second-order valence-corrected chi connectivity index (χ2v) is 8.65. The van der Waals surface area contributed by atoms with Crippen LogP contribution in [-0.2, 0) is 9.84 Å². The minimum Gasteiger partial charge on any atom is -0.288 e. The summed E-state index contributed by atoms with van der Waals surface area (Å²) in [6, 6.07) is 11.8. The Morgan fingerprint density at radius 2 is 1.56 bits per heavy atom. The Kier molecular flexibility index (Phi) is 3.57. The molecule has 0 aliphatic carbocycles. The van der Waals surface area contributed by atoms with E-state index in [1.807, 2.05) is 31.2 Å². The average molecular weight is 360 g/mol. The summed E-state index contributed by atoms with van der Waals surface area (Å²) >= 11 is 0. The van der Waals surface area contributed by atoms with Gasteiger partial charge in [0.25, 0.3) is 0 Å². The molecule has 2 heterocycles. The van der Waals surface area contributed by atoms with Gasteiger partial charge in [0.05, 0.1) is 23.6 Å².